The Hall–Kier alpha value is -0.790. The normalized spacial score (nSPS) is 24.7. The van der Waals surface area contributed by atoms with Crippen LogP contribution in [0, 0.1) is 5.92 Å². The molecule has 2 fully saturated rings. The molecule has 13 heavy (non-hydrogen) atoms. The van der Waals surface area contributed by atoms with E-state index in [0.29, 0.717) is 6.04 Å². The monoisotopic (exact) mass is 176 g/mol. The largest absolute Gasteiger partial charge is 0.269 e. The minimum atomic E-state index is 0.632. The first-order valence-corrected chi connectivity index (χ1v) is 5.39. The van der Waals surface area contributed by atoms with E-state index in [-0.39, 0.29) is 0 Å². The van der Waals surface area contributed by atoms with E-state index in [9.17, 15) is 0 Å². The van der Waals surface area contributed by atoms with E-state index < -0.39 is 0 Å². The third-order valence-electron chi connectivity index (χ3n) is 3.35. The van der Waals surface area contributed by atoms with E-state index in [1.807, 2.05) is 0 Å². The minimum absolute atomic E-state index is 0.632. The zero-order chi connectivity index (χ0) is 8.84. The highest BCUT2D eigenvalue weighted by molar-refractivity contribution is 5.12. The lowest BCUT2D eigenvalue weighted by Gasteiger charge is -2.09. The predicted octanol–water partition coefficient (Wildman–Crippen LogP) is 2.73. The van der Waals surface area contributed by atoms with Crippen LogP contribution >= 0.6 is 0 Å². The lowest BCUT2D eigenvalue weighted by Crippen LogP contribution is -2.07. The van der Waals surface area contributed by atoms with Gasteiger partial charge < -0.3 is 0 Å². The molecule has 0 spiro atoms. The average Bonchev–Trinajstić information content (AvgIpc) is 3.02. The van der Waals surface area contributed by atoms with Crippen molar-refractivity contribution in [3.8, 4) is 0 Å². The molecule has 0 N–H and O–H groups in total. The molecule has 0 bridgehead atoms. The average molecular weight is 176 g/mol. The first-order valence-electron chi connectivity index (χ1n) is 5.39. The van der Waals surface area contributed by atoms with Gasteiger partial charge in [-0.3, -0.25) is 4.68 Å². The molecule has 1 unspecified atom stereocenters. The van der Waals surface area contributed by atoms with Gasteiger partial charge in [-0.15, -0.1) is 0 Å². The molecule has 3 rings (SSSR count). The summed E-state index contributed by atoms with van der Waals surface area (Å²) in [5, 5.41) is 4.65. The highest BCUT2D eigenvalue weighted by atomic mass is 15.3. The van der Waals surface area contributed by atoms with Crippen LogP contribution in [0.4, 0.5) is 0 Å². The summed E-state index contributed by atoms with van der Waals surface area (Å²) >= 11 is 0. The molecule has 2 aliphatic rings. The molecular formula is C11H16N2. The van der Waals surface area contributed by atoms with Crippen LogP contribution in [-0.2, 0) is 0 Å². The van der Waals surface area contributed by atoms with Crippen molar-refractivity contribution in [2.75, 3.05) is 0 Å². The summed E-state index contributed by atoms with van der Waals surface area (Å²) in [5.74, 6) is 1.71. The first-order chi connectivity index (χ1) is 6.34. The van der Waals surface area contributed by atoms with Gasteiger partial charge in [0.1, 0.15) is 0 Å². The van der Waals surface area contributed by atoms with Crippen LogP contribution < -0.4 is 0 Å². The van der Waals surface area contributed by atoms with Crippen LogP contribution in [0.15, 0.2) is 12.3 Å². The fraction of sp³-hybridized carbons (Fsp3) is 0.727. The van der Waals surface area contributed by atoms with Crippen LogP contribution in [0.3, 0.4) is 0 Å². The number of rotatable bonds is 3. The Labute approximate surface area is 78.9 Å². The molecule has 1 aromatic rings. The second-order valence-corrected chi connectivity index (χ2v) is 4.57. The highest BCUT2D eigenvalue weighted by Gasteiger charge is 2.31. The number of hydrogen-bond donors (Lipinski definition) is 0. The van der Waals surface area contributed by atoms with Crippen molar-refractivity contribution >= 4 is 0 Å². The molecule has 2 saturated carbocycles. The molecule has 0 radical (unpaired) electrons. The van der Waals surface area contributed by atoms with E-state index in [2.05, 4.69) is 29.0 Å². The first kappa shape index (κ1) is 7.60. The topological polar surface area (TPSA) is 17.8 Å². The molecule has 1 atom stereocenters. The van der Waals surface area contributed by atoms with Crippen molar-refractivity contribution in [1.29, 1.82) is 0 Å². The number of hydrogen-bond acceptors (Lipinski definition) is 1. The van der Waals surface area contributed by atoms with Crippen molar-refractivity contribution < 1.29 is 0 Å². The molecule has 1 heterocycles. The Morgan fingerprint density at radius 1 is 1.38 bits per heavy atom. The predicted molar refractivity (Wildman–Crippen MR) is 51.6 cm³/mol. The summed E-state index contributed by atoms with van der Waals surface area (Å²) in [6, 6.07) is 2.84. The van der Waals surface area contributed by atoms with E-state index in [0.717, 1.165) is 11.8 Å². The van der Waals surface area contributed by atoms with Gasteiger partial charge in [0, 0.05) is 12.1 Å². The highest BCUT2D eigenvalue weighted by Crippen LogP contribution is 2.41. The summed E-state index contributed by atoms with van der Waals surface area (Å²) < 4.78 is 2.17. The fourth-order valence-corrected chi connectivity index (χ4v) is 1.97. The third kappa shape index (κ3) is 1.38. The van der Waals surface area contributed by atoms with E-state index in [1.54, 1.807) is 0 Å². The second kappa shape index (κ2) is 2.60. The molecule has 0 aromatic carbocycles. The molecule has 2 aliphatic carbocycles. The number of aromatic nitrogens is 2. The van der Waals surface area contributed by atoms with Crippen LogP contribution in [0.2, 0.25) is 0 Å². The summed E-state index contributed by atoms with van der Waals surface area (Å²) in [4.78, 5) is 0. The molecule has 1 aromatic heterocycles. The fourth-order valence-electron chi connectivity index (χ4n) is 1.97. The van der Waals surface area contributed by atoms with Crippen molar-refractivity contribution in [2.45, 2.75) is 44.6 Å². The maximum atomic E-state index is 4.65. The summed E-state index contributed by atoms with van der Waals surface area (Å²) in [6.45, 7) is 2.29. The van der Waals surface area contributed by atoms with Gasteiger partial charge in [-0.25, -0.2) is 0 Å². The van der Waals surface area contributed by atoms with Gasteiger partial charge >= 0.3 is 0 Å². The smallest absolute Gasteiger partial charge is 0.0655 e. The van der Waals surface area contributed by atoms with Gasteiger partial charge in [0.25, 0.3) is 0 Å². The van der Waals surface area contributed by atoms with Crippen LogP contribution in [-0.4, -0.2) is 9.78 Å². The second-order valence-electron chi connectivity index (χ2n) is 4.57. The standard InChI is InChI=1S/C11H16N2/c1-8(9-2-3-9)13-7-6-11(12-13)10-4-5-10/h6-10H,2-5H2,1H3. The van der Waals surface area contributed by atoms with Crippen molar-refractivity contribution in [3.05, 3.63) is 18.0 Å². The van der Waals surface area contributed by atoms with E-state index in [4.69, 9.17) is 0 Å². The van der Waals surface area contributed by atoms with Gasteiger partial charge in [-0.1, -0.05) is 0 Å². The lowest BCUT2D eigenvalue weighted by atomic mass is 10.2. The molecule has 0 saturated heterocycles. The Morgan fingerprint density at radius 3 is 2.77 bits per heavy atom. The Kier molecular flexibility index (Phi) is 1.52. The lowest BCUT2D eigenvalue weighted by molar-refractivity contribution is 0.437. The Bertz CT molecular complexity index is 308. The van der Waals surface area contributed by atoms with Crippen molar-refractivity contribution in [3.63, 3.8) is 0 Å². The Balaban J connectivity index is 1.79. The molecule has 2 nitrogen and oxygen atoms in total. The maximum Gasteiger partial charge on any atom is 0.0655 e. The van der Waals surface area contributed by atoms with E-state index in [1.165, 1.54) is 31.4 Å². The summed E-state index contributed by atoms with van der Waals surface area (Å²) in [6.07, 6.45) is 7.68. The zero-order valence-corrected chi connectivity index (χ0v) is 8.11. The SMILES string of the molecule is CC(C1CC1)n1ccc(C2CC2)n1. The van der Waals surface area contributed by atoms with Gasteiger partial charge in [-0.2, -0.15) is 5.10 Å². The molecule has 0 aliphatic heterocycles. The summed E-state index contributed by atoms with van der Waals surface area (Å²) in [5.41, 5.74) is 1.33. The van der Waals surface area contributed by atoms with Gasteiger partial charge in [0.2, 0.25) is 0 Å². The van der Waals surface area contributed by atoms with Gasteiger partial charge in [0.15, 0.2) is 0 Å². The van der Waals surface area contributed by atoms with Crippen molar-refractivity contribution in [1.82, 2.24) is 9.78 Å². The third-order valence-corrected chi connectivity index (χ3v) is 3.35. The molecular weight excluding hydrogens is 160 g/mol. The summed E-state index contributed by atoms with van der Waals surface area (Å²) in [7, 11) is 0. The van der Waals surface area contributed by atoms with Crippen LogP contribution in [0.1, 0.15) is 50.3 Å². The van der Waals surface area contributed by atoms with Crippen LogP contribution in [0.25, 0.3) is 0 Å². The zero-order valence-electron chi connectivity index (χ0n) is 8.11. The minimum Gasteiger partial charge on any atom is -0.269 e. The van der Waals surface area contributed by atoms with Gasteiger partial charge in [-0.05, 0) is 44.6 Å². The van der Waals surface area contributed by atoms with E-state index >= 15 is 0 Å². The Morgan fingerprint density at radius 2 is 2.15 bits per heavy atom. The molecule has 70 valence electrons. The quantitative estimate of drug-likeness (QED) is 0.692. The molecule has 2 heteroatoms. The maximum absolute atomic E-state index is 4.65. The number of nitrogens with zero attached hydrogens (tertiary/aromatic N) is 2. The van der Waals surface area contributed by atoms with Crippen LogP contribution in [0.5, 0.6) is 0 Å². The van der Waals surface area contributed by atoms with Crippen molar-refractivity contribution in [2.24, 2.45) is 5.92 Å². The molecule has 0 amide bonds. The van der Waals surface area contributed by atoms with Gasteiger partial charge in [0.05, 0.1) is 11.7 Å².